The SMILES string of the molecule is N#CC(NC(=O)c1ccnc(Br)c1)C1CC1. The van der Waals surface area contributed by atoms with Gasteiger partial charge in [-0.2, -0.15) is 5.26 Å². The number of nitriles is 1. The second-order valence-corrected chi connectivity index (χ2v) is 4.60. The number of amides is 1. The number of nitrogens with one attached hydrogen (secondary N) is 1. The van der Waals surface area contributed by atoms with Crippen molar-refractivity contribution in [1.82, 2.24) is 10.3 Å². The molecular formula is C11H10BrN3O. The van der Waals surface area contributed by atoms with E-state index in [1.54, 1.807) is 18.3 Å². The van der Waals surface area contributed by atoms with E-state index in [0.29, 0.717) is 16.1 Å². The van der Waals surface area contributed by atoms with Gasteiger partial charge in [-0.3, -0.25) is 4.79 Å². The van der Waals surface area contributed by atoms with E-state index < -0.39 is 0 Å². The Bertz CT molecular complexity index is 451. The number of halogens is 1. The molecule has 1 aliphatic carbocycles. The lowest BCUT2D eigenvalue weighted by molar-refractivity contribution is 0.0941. The predicted molar refractivity (Wildman–Crippen MR) is 61.5 cm³/mol. The Morgan fingerprint density at radius 2 is 2.44 bits per heavy atom. The quantitative estimate of drug-likeness (QED) is 0.860. The summed E-state index contributed by atoms with van der Waals surface area (Å²) in [4.78, 5) is 15.7. The largest absolute Gasteiger partial charge is 0.336 e. The average Bonchev–Trinajstić information content (AvgIpc) is 3.09. The molecule has 1 aromatic heterocycles. The topological polar surface area (TPSA) is 65.8 Å². The maximum atomic E-state index is 11.8. The van der Waals surface area contributed by atoms with Crippen molar-refractivity contribution in [2.24, 2.45) is 5.92 Å². The highest BCUT2D eigenvalue weighted by Gasteiger charge is 2.32. The molecule has 1 saturated carbocycles. The molecule has 1 heterocycles. The summed E-state index contributed by atoms with van der Waals surface area (Å²) < 4.78 is 0.611. The molecule has 0 saturated heterocycles. The van der Waals surface area contributed by atoms with Gasteiger partial charge in [-0.1, -0.05) is 0 Å². The second-order valence-electron chi connectivity index (χ2n) is 3.78. The van der Waals surface area contributed by atoms with Crippen LogP contribution in [-0.2, 0) is 0 Å². The van der Waals surface area contributed by atoms with Gasteiger partial charge in [-0.15, -0.1) is 0 Å². The molecule has 0 spiro atoms. The van der Waals surface area contributed by atoms with Crippen molar-refractivity contribution in [3.63, 3.8) is 0 Å². The fourth-order valence-electron chi connectivity index (χ4n) is 1.45. The zero-order chi connectivity index (χ0) is 11.5. The Hall–Kier alpha value is -1.41. The summed E-state index contributed by atoms with van der Waals surface area (Å²) in [6, 6.07) is 5.02. The summed E-state index contributed by atoms with van der Waals surface area (Å²) in [5.41, 5.74) is 0.516. The van der Waals surface area contributed by atoms with E-state index in [0.717, 1.165) is 12.8 Å². The van der Waals surface area contributed by atoms with Crippen molar-refractivity contribution < 1.29 is 4.79 Å². The number of carbonyl (C=O) groups excluding carboxylic acids is 1. The molecule has 1 amide bonds. The number of hydrogen-bond donors (Lipinski definition) is 1. The Kier molecular flexibility index (Phi) is 3.20. The van der Waals surface area contributed by atoms with E-state index in [9.17, 15) is 4.79 Å². The van der Waals surface area contributed by atoms with Gasteiger partial charge >= 0.3 is 0 Å². The summed E-state index contributed by atoms with van der Waals surface area (Å²) in [6.45, 7) is 0. The minimum atomic E-state index is -0.362. The molecule has 1 unspecified atom stereocenters. The van der Waals surface area contributed by atoms with Crippen molar-refractivity contribution in [3.05, 3.63) is 28.5 Å². The van der Waals surface area contributed by atoms with Crippen molar-refractivity contribution in [2.75, 3.05) is 0 Å². The lowest BCUT2D eigenvalue weighted by atomic mass is 10.2. The Morgan fingerprint density at radius 3 is 3.00 bits per heavy atom. The lowest BCUT2D eigenvalue weighted by Crippen LogP contribution is -2.35. The first-order valence-electron chi connectivity index (χ1n) is 5.03. The third-order valence-corrected chi connectivity index (χ3v) is 2.94. The highest BCUT2D eigenvalue weighted by atomic mass is 79.9. The van der Waals surface area contributed by atoms with Crippen LogP contribution in [0.4, 0.5) is 0 Å². The summed E-state index contributed by atoms with van der Waals surface area (Å²) >= 11 is 3.20. The Labute approximate surface area is 102 Å². The number of pyridine rings is 1. The molecule has 1 aromatic rings. The molecule has 0 bridgehead atoms. The second kappa shape index (κ2) is 4.62. The van der Waals surface area contributed by atoms with Crippen LogP contribution in [0, 0.1) is 17.2 Å². The van der Waals surface area contributed by atoms with Crippen molar-refractivity contribution >= 4 is 21.8 Å². The molecule has 0 aliphatic heterocycles. The van der Waals surface area contributed by atoms with E-state index in [1.165, 1.54) is 0 Å². The van der Waals surface area contributed by atoms with Gasteiger partial charge in [0.05, 0.1) is 6.07 Å². The summed E-state index contributed by atoms with van der Waals surface area (Å²) in [5, 5.41) is 11.6. The molecule has 1 fully saturated rings. The van der Waals surface area contributed by atoms with E-state index in [4.69, 9.17) is 5.26 Å². The Morgan fingerprint density at radius 1 is 1.69 bits per heavy atom. The average molecular weight is 280 g/mol. The van der Waals surface area contributed by atoms with Crippen LogP contribution < -0.4 is 5.32 Å². The molecule has 4 nitrogen and oxygen atoms in total. The number of carbonyl (C=O) groups is 1. The predicted octanol–water partition coefficient (Wildman–Crippen LogP) is 1.88. The molecule has 5 heteroatoms. The third kappa shape index (κ3) is 2.58. The summed E-state index contributed by atoms with van der Waals surface area (Å²) in [7, 11) is 0. The number of aromatic nitrogens is 1. The van der Waals surface area contributed by atoms with Gasteiger partial charge in [0.25, 0.3) is 5.91 Å². The third-order valence-electron chi connectivity index (χ3n) is 2.51. The normalized spacial score (nSPS) is 16.2. The minimum Gasteiger partial charge on any atom is -0.336 e. The van der Waals surface area contributed by atoms with Crippen molar-refractivity contribution in [1.29, 1.82) is 5.26 Å². The van der Waals surface area contributed by atoms with Gasteiger partial charge in [-0.25, -0.2) is 4.98 Å². The summed E-state index contributed by atoms with van der Waals surface area (Å²) in [6.07, 6.45) is 3.61. The van der Waals surface area contributed by atoms with Crippen LogP contribution in [0.25, 0.3) is 0 Å². The zero-order valence-corrected chi connectivity index (χ0v) is 10.1. The first kappa shape index (κ1) is 11.1. The van der Waals surface area contributed by atoms with E-state index >= 15 is 0 Å². The minimum absolute atomic E-state index is 0.221. The molecule has 82 valence electrons. The van der Waals surface area contributed by atoms with Crippen LogP contribution in [0.1, 0.15) is 23.2 Å². The molecule has 1 aliphatic rings. The van der Waals surface area contributed by atoms with Gasteiger partial charge in [0.1, 0.15) is 10.6 Å². The van der Waals surface area contributed by atoms with Gasteiger partial charge in [0.15, 0.2) is 0 Å². The number of hydrogen-bond acceptors (Lipinski definition) is 3. The first-order valence-corrected chi connectivity index (χ1v) is 5.82. The Balaban J connectivity index is 2.05. The molecule has 0 radical (unpaired) electrons. The fourth-order valence-corrected chi connectivity index (χ4v) is 1.82. The number of rotatable bonds is 3. The van der Waals surface area contributed by atoms with Crippen LogP contribution in [0.15, 0.2) is 22.9 Å². The molecule has 0 aromatic carbocycles. The first-order chi connectivity index (χ1) is 7.70. The molecule has 16 heavy (non-hydrogen) atoms. The zero-order valence-electron chi connectivity index (χ0n) is 8.48. The van der Waals surface area contributed by atoms with Crippen LogP contribution in [0.3, 0.4) is 0 Å². The maximum Gasteiger partial charge on any atom is 0.252 e. The monoisotopic (exact) mass is 279 g/mol. The van der Waals surface area contributed by atoms with Crippen molar-refractivity contribution in [3.8, 4) is 6.07 Å². The van der Waals surface area contributed by atoms with E-state index in [2.05, 4.69) is 32.3 Å². The van der Waals surface area contributed by atoms with Crippen LogP contribution >= 0.6 is 15.9 Å². The van der Waals surface area contributed by atoms with Gasteiger partial charge in [0.2, 0.25) is 0 Å². The van der Waals surface area contributed by atoms with Crippen molar-refractivity contribution in [2.45, 2.75) is 18.9 Å². The molecule has 2 rings (SSSR count). The number of nitrogens with zero attached hydrogens (tertiary/aromatic N) is 2. The van der Waals surface area contributed by atoms with Gasteiger partial charge in [0, 0.05) is 11.8 Å². The van der Waals surface area contributed by atoms with Gasteiger partial charge in [-0.05, 0) is 46.8 Å². The van der Waals surface area contributed by atoms with E-state index in [-0.39, 0.29) is 11.9 Å². The standard InChI is InChI=1S/C11H10BrN3O/c12-10-5-8(3-4-14-10)11(16)15-9(6-13)7-1-2-7/h3-5,7,9H,1-2H2,(H,15,16). The van der Waals surface area contributed by atoms with Crippen LogP contribution in [0.2, 0.25) is 0 Å². The highest BCUT2D eigenvalue weighted by Crippen LogP contribution is 2.32. The van der Waals surface area contributed by atoms with E-state index in [1.807, 2.05) is 0 Å². The lowest BCUT2D eigenvalue weighted by Gasteiger charge is -2.10. The summed E-state index contributed by atoms with van der Waals surface area (Å²) in [5.74, 6) is 0.112. The van der Waals surface area contributed by atoms with Crippen LogP contribution in [-0.4, -0.2) is 16.9 Å². The van der Waals surface area contributed by atoms with Gasteiger partial charge < -0.3 is 5.32 Å². The molecule has 1 atom stereocenters. The maximum absolute atomic E-state index is 11.8. The molecular weight excluding hydrogens is 270 g/mol. The van der Waals surface area contributed by atoms with Crippen LogP contribution in [0.5, 0.6) is 0 Å². The molecule has 1 N–H and O–H groups in total. The highest BCUT2D eigenvalue weighted by molar-refractivity contribution is 9.10. The smallest absolute Gasteiger partial charge is 0.252 e. The fraction of sp³-hybridized carbons (Fsp3) is 0.364.